The number of anilines is 1. The van der Waals surface area contributed by atoms with Crippen LogP contribution in [0.25, 0.3) is 33.0 Å². The number of carbonyl (C=O) groups excluding carboxylic acids is 1. The van der Waals surface area contributed by atoms with Crippen LogP contribution in [0.3, 0.4) is 0 Å². The second-order valence-corrected chi connectivity index (χ2v) is 8.67. The van der Waals surface area contributed by atoms with Crippen molar-refractivity contribution in [2.24, 2.45) is 0 Å². The first-order chi connectivity index (χ1) is 17.1. The number of hydrogen-bond acceptors (Lipinski definition) is 3. The zero-order valence-electron chi connectivity index (χ0n) is 18.7. The number of urea groups is 1. The Kier molecular flexibility index (Phi) is 5.17. The highest BCUT2D eigenvalue weighted by atomic mass is 19.1. The molecule has 174 valence electrons. The maximum atomic E-state index is 14.3. The molecule has 7 heteroatoms. The van der Waals surface area contributed by atoms with E-state index in [0.29, 0.717) is 29.1 Å². The van der Waals surface area contributed by atoms with E-state index in [1.54, 1.807) is 23.1 Å². The lowest BCUT2D eigenvalue weighted by Crippen LogP contribution is -2.34. The molecule has 1 aromatic heterocycles. The van der Waals surface area contributed by atoms with E-state index in [2.05, 4.69) is 10.3 Å². The summed E-state index contributed by atoms with van der Waals surface area (Å²) in [6.45, 7) is 0.589. The molecule has 2 heterocycles. The molecule has 6 rings (SSSR count). The molecular weight excluding hydrogens is 448 g/mol. The van der Waals surface area contributed by atoms with Gasteiger partial charge >= 0.3 is 6.03 Å². The molecule has 2 amide bonds. The van der Waals surface area contributed by atoms with E-state index in [1.807, 2.05) is 42.5 Å². The summed E-state index contributed by atoms with van der Waals surface area (Å²) in [6, 6.07) is 21.8. The molecule has 5 nitrogen and oxygen atoms in total. The van der Waals surface area contributed by atoms with Gasteiger partial charge in [-0.25, -0.2) is 18.6 Å². The Bertz CT molecular complexity index is 1570. The van der Waals surface area contributed by atoms with E-state index in [0.717, 1.165) is 35.4 Å². The molecule has 5 aromatic rings. The lowest BCUT2D eigenvalue weighted by atomic mass is 10.0. The van der Waals surface area contributed by atoms with Crippen molar-refractivity contribution < 1.29 is 18.0 Å². The van der Waals surface area contributed by atoms with E-state index < -0.39 is 11.6 Å². The minimum atomic E-state index is -0.639. The van der Waals surface area contributed by atoms with Crippen LogP contribution in [0, 0.1) is 11.6 Å². The second-order valence-electron chi connectivity index (χ2n) is 8.67. The van der Waals surface area contributed by atoms with Crippen LogP contribution in [0.4, 0.5) is 19.3 Å². The quantitative estimate of drug-likeness (QED) is 0.302. The monoisotopic (exact) mass is 469 g/mol. The Hall–Kier alpha value is -4.26. The highest BCUT2D eigenvalue weighted by Crippen LogP contribution is 2.35. The summed E-state index contributed by atoms with van der Waals surface area (Å²) < 4.78 is 33.6. The molecule has 1 aliphatic rings. The first kappa shape index (κ1) is 21.3. The number of nitrogens with zero attached hydrogens (tertiary/aromatic N) is 2. The van der Waals surface area contributed by atoms with E-state index in [-0.39, 0.29) is 17.6 Å². The van der Waals surface area contributed by atoms with Gasteiger partial charge in [-0.2, -0.15) is 0 Å². The molecule has 0 radical (unpaired) electrons. The number of halogens is 2. The largest absolute Gasteiger partial charge is 0.438 e. The predicted octanol–water partition coefficient (Wildman–Crippen LogP) is 7.30. The van der Waals surface area contributed by atoms with Gasteiger partial charge in [0.15, 0.2) is 5.58 Å². The molecule has 0 spiro atoms. The van der Waals surface area contributed by atoms with E-state index in [1.165, 1.54) is 12.1 Å². The molecule has 1 atom stereocenters. The zero-order valence-corrected chi connectivity index (χ0v) is 18.7. The Morgan fingerprint density at radius 2 is 1.86 bits per heavy atom. The minimum absolute atomic E-state index is 0.208. The van der Waals surface area contributed by atoms with Crippen molar-refractivity contribution >= 4 is 33.6 Å². The average molecular weight is 469 g/mol. The maximum Gasteiger partial charge on any atom is 0.322 e. The van der Waals surface area contributed by atoms with Crippen molar-refractivity contribution in [3.8, 4) is 11.1 Å². The summed E-state index contributed by atoms with van der Waals surface area (Å²) >= 11 is 0. The Morgan fingerprint density at radius 3 is 2.74 bits per heavy atom. The average Bonchev–Trinajstić information content (AvgIpc) is 3.51. The topological polar surface area (TPSA) is 58.4 Å². The van der Waals surface area contributed by atoms with Gasteiger partial charge in [-0.1, -0.05) is 42.5 Å². The Balaban J connectivity index is 1.28. The first-order valence-corrected chi connectivity index (χ1v) is 11.5. The summed E-state index contributed by atoms with van der Waals surface area (Å²) in [5.74, 6) is -0.818. The van der Waals surface area contributed by atoms with Crippen LogP contribution in [0.5, 0.6) is 0 Å². The molecule has 1 unspecified atom stereocenters. The number of likely N-dealkylation sites (tertiary alicyclic amines) is 1. The number of aromatic nitrogens is 1. The van der Waals surface area contributed by atoms with Gasteiger partial charge in [0.25, 0.3) is 0 Å². The van der Waals surface area contributed by atoms with Crippen molar-refractivity contribution in [1.29, 1.82) is 0 Å². The van der Waals surface area contributed by atoms with Gasteiger partial charge in [0.05, 0.1) is 5.69 Å². The lowest BCUT2D eigenvalue weighted by Gasteiger charge is -2.23. The molecule has 0 bridgehead atoms. The number of benzene rings is 4. The molecule has 1 saturated heterocycles. The van der Waals surface area contributed by atoms with Crippen LogP contribution in [0.1, 0.15) is 24.8 Å². The highest BCUT2D eigenvalue weighted by molar-refractivity contribution is 6.01. The van der Waals surface area contributed by atoms with Gasteiger partial charge < -0.3 is 14.6 Å². The third-order valence-electron chi connectivity index (χ3n) is 6.48. The summed E-state index contributed by atoms with van der Waals surface area (Å²) in [6.07, 6.45) is 1.56. The molecule has 4 aromatic carbocycles. The van der Waals surface area contributed by atoms with E-state index in [9.17, 15) is 13.6 Å². The van der Waals surface area contributed by atoms with Crippen LogP contribution in [0.2, 0.25) is 0 Å². The van der Waals surface area contributed by atoms with E-state index >= 15 is 0 Å². The smallest absolute Gasteiger partial charge is 0.322 e. The standard InChI is InChI=1S/C28H21F2N3O2/c29-19-11-12-20(22(30)16-19)18-10-13-26-24(15-18)31-27(35-26)25-9-4-14-33(25)28(34)32-23-8-3-6-17-5-1-2-7-21(17)23/h1-3,5-8,10-13,15-16,25H,4,9,14H2,(H,32,34). The molecule has 1 aliphatic heterocycles. The number of hydrogen-bond donors (Lipinski definition) is 1. The molecule has 35 heavy (non-hydrogen) atoms. The second kappa shape index (κ2) is 8.51. The molecule has 1 N–H and O–H groups in total. The molecule has 1 fully saturated rings. The molecular formula is C28H21F2N3O2. The van der Waals surface area contributed by atoms with Crippen LogP contribution in [0.15, 0.2) is 83.3 Å². The summed E-state index contributed by atoms with van der Waals surface area (Å²) in [5, 5.41) is 5.07. The number of fused-ring (bicyclic) bond motifs is 2. The third-order valence-corrected chi connectivity index (χ3v) is 6.48. The minimum Gasteiger partial charge on any atom is -0.438 e. The maximum absolute atomic E-state index is 14.3. The third kappa shape index (κ3) is 3.89. The number of rotatable bonds is 3. The van der Waals surface area contributed by atoms with Crippen molar-refractivity contribution in [3.63, 3.8) is 0 Å². The van der Waals surface area contributed by atoms with Gasteiger partial charge in [0.2, 0.25) is 5.89 Å². The van der Waals surface area contributed by atoms with Crippen LogP contribution in [-0.2, 0) is 0 Å². The summed E-state index contributed by atoms with van der Waals surface area (Å²) in [5.41, 5.74) is 2.72. The fourth-order valence-electron chi connectivity index (χ4n) is 4.77. The fourth-order valence-corrected chi connectivity index (χ4v) is 4.77. The van der Waals surface area contributed by atoms with Gasteiger partial charge in [0.1, 0.15) is 23.2 Å². The predicted molar refractivity (Wildman–Crippen MR) is 131 cm³/mol. The van der Waals surface area contributed by atoms with Crippen molar-refractivity contribution in [2.75, 3.05) is 11.9 Å². The normalized spacial score (nSPS) is 15.7. The Labute approximate surface area is 200 Å². The SMILES string of the molecule is O=C(Nc1cccc2ccccc12)N1CCCC1c1nc2cc(-c3ccc(F)cc3F)ccc2o1. The zero-order chi connectivity index (χ0) is 23.9. The van der Waals surface area contributed by atoms with Crippen molar-refractivity contribution in [2.45, 2.75) is 18.9 Å². The number of oxazole rings is 1. The number of amides is 2. The van der Waals surface area contributed by atoms with Crippen LogP contribution < -0.4 is 5.32 Å². The van der Waals surface area contributed by atoms with Crippen molar-refractivity contribution in [1.82, 2.24) is 9.88 Å². The van der Waals surface area contributed by atoms with E-state index in [4.69, 9.17) is 4.42 Å². The highest BCUT2D eigenvalue weighted by Gasteiger charge is 2.34. The van der Waals surface area contributed by atoms with Gasteiger partial charge in [-0.3, -0.25) is 0 Å². The molecule has 0 saturated carbocycles. The lowest BCUT2D eigenvalue weighted by molar-refractivity contribution is 0.199. The van der Waals surface area contributed by atoms with Crippen LogP contribution in [-0.4, -0.2) is 22.5 Å². The Morgan fingerprint density at radius 1 is 1.00 bits per heavy atom. The molecule has 0 aliphatic carbocycles. The number of carbonyl (C=O) groups is 1. The number of nitrogens with one attached hydrogen (secondary N) is 1. The first-order valence-electron chi connectivity index (χ1n) is 11.5. The van der Waals surface area contributed by atoms with Gasteiger partial charge in [0, 0.05) is 23.6 Å². The summed E-state index contributed by atoms with van der Waals surface area (Å²) in [7, 11) is 0. The van der Waals surface area contributed by atoms with Gasteiger partial charge in [-0.15, -0.1) is 0 Å². The van der Waals surface area contributed by atoms with Crippen LogP contribution >= 0.6 is 0 Å². The van der Waals surface area contributed by atoms with Crippen molar-refractivity contribution in [3.05, 3.63) is 96.4 Å². The van der Waals surface area contributed by atoms with Gasteiger partial charge in [-0.05, 0) is 54.1 Å². The summed E-state index contributed by atoms with van der Waals surface area (Å²) in [4.78, 5) is 19.6. The fraction of sp³-hybridized carbons (Fsp3) is 0.143.